The number of ketones is 1. The number of anilines is 1. The van der Waals surface area contributed by atoms with Crippen molar-refractivity contribution < 1.29 is 23.9 Å². The number of imide groups is 1. The Hall–Kier alpha value is -4.06. The highest BCUT2D eigenvalue weighted by Crippen LogP contribution is 2.31. The molecule has 0 fully saturated rings. The molecule has 0 radical (unpaired) electrons. The van der Waals surface area contributed by atoms with Crippen molar-refractivity contribution in [3.8, 4) is 0 Å². The van der Waals surface area contributed by atoms with Crippen LogP contribution in [0.2, 0.25) is 0 Å². The molecule has 0 aromatic heterocycles. The number of hydrogen-bond acceptors (Lipinski definition) is 5. The zero-order valence-corrected chi connectivity index (χ0v) is 17.0. The van der Waals surface area contributed by atoms with Crippen LogP contribution in [-0.2, 0) is 4.74 Å². The summed E-state index contributed by atoms with van der Waals surface area (Å²) in [6, 6.07) is 18.2. The Morgan fingerprint density at radius 2 is 1.45 bits per heavy atom. The molecule has 1 heterocycles. The van der Waals surface area contributed by atoms with E-state index in [9.17, 15) is 19.2 Å². The summed E-state index contributed by atoms with van der Waals surface area (Å²) in [6.45, 7) is 3.31. The third kappa shape index (κ3) is 3.75. The summed E-state index contributed by atoms with van der Waals surface area (Å²) in [6.07, 6.45) is 0. The van der Waals surface area contributed by atoms with Gasteiger partial charge < -0.3 is 4.74 Å². The van der Waals surface area contributed by atoms with Gasteiger partial charge in [0.25, 0.3) is 11.8 Å². The Morgan fingerprint density at radius 1 is 0.806 bits per heavy atom. The van der Waals surface area contributed by atoms with Crippen LogP contribution in [0.4, 0.5) is 5.69 Å². The Bertz CT molecular complexity index is 1230. The molecule has 0 unspecified atom stereocenters. The maximum atomic E-state index is 12.9. The van der Waals surface area contributed by atoms with E-state index in [-0.39, 0.29) is 22.5 Å². The third-order valence-corrected chi connectivity index (χ3v) is 5.19. The Labute approximate surface area is 179 Å². The lowest BCUT2D eigenvalue weighted by Gasteiger charge is -2.16. The van der Waals surface area contributed by atoms with E-state index in [0.717, 1.165) is 16.0 Å². The lowest BCUT2D eigenvalue weighted by atomic mass is 10.1. The molecule has 0 saturated heterocycles. The summed E-state index contributed by atoms with van der Waals surface area (Å²) in [4.78, 5) is 51.5. The number of amides is 2. The second-order valence-electron chi connectivity index (χ2n) is 7.36. The molecule has 0 saturated carbocycles. The van der Waals surface area contributed by atoms with E-state index in [1.165, 1.54) is 18.2 Å². The molecule has 31 heavy (non-hydrogen) atoms. The molecular weight excluding hydrogens is 394 g/mol. The number of benzene rings is 3. The number of para-hydroxylation sites is 1. The number of Topliss-reactive ketones (excluding diaryl/α,β-unsaturated/α-hetero) is 1. The first kappa shape index (κ1) is 20.2. The summed E-state index contributed by atoms with van der Waals surface area (Å²) in [5, 5.41) is 0. The average molecular weight is 413 g/mol. The van der Waals surface area contributed by atoms with Gasteiger partial charge in [-0.1, -0.05) is 48.0 Å². The van der Waals surface area contributed by atoms with Crippen LogP contribution in [0.3, 0.4) is 0 Å². The lowest BCUT2D eigenvalue weighted by molar-refractivity contribution is 0.0474. The highest BCUT2D eigenvalue weighted by atomic mass is 16.5. The minimum absolute atomic E-state index is 0.100. The van der Waals surface area contributed by atoms with Gasteiger partial charge in [0.1, 0.15) is 0 Å². The van der Waals surface area contributed by atoms with E-state index in [1.54, 1.807) is 36.4 Å². The zero-order valence-electron chi connectivity index (χ0n) is 17.0. The number of nitrogens with zero attached hydrogens (tertiary/aromatic N) is 1. The summed E-state index contributed by atoms with van der Waals surface area (Å²) in [7, 11) is 0. The van der Waals surface area contributed by atoms with Crippen LogP contribution >= 0.6 is 0 Å². The summed E-state index contributed by atoms with van der Waals surface area (Å²) >= 11 is 0. The number of ether oxygens (including phenoxy) is 1. The van der Waals surface area contributed by atoms with E-state index in [4.69, 9.17) is 4.74 Å². The molecule has 1 aliphatic rings. The normalized spacial score (nSPS) is 12.6. The monoisotopic (exact) mass is 413 g/mol. The van der Waals surface area contributed by atoms with Crippen molar-refractivity contribution >= 4 is 29.3 Å². The fourth-order valence-electron chi connectivity index (χ4n) is 3.44. The highest BCUT2D eigenvalue weighted by molar-refractivity contribution is 6.35. The molecular formula is C25H19NO5. The van der Waals surface area contributed by atoms with Crippen LogP contribution in [0.5, 0.6) is 0 Å². The fourth-order valence-corrected chi connectivity index (χ4v) is 3.44. The maximum Gasteiger partial charge on any atom is 0.338 e. The molecule has 1 aliphatic heterocycles. The molecule has 0 bridgehead atoms. The number of esters is 1. The summed E-state index contributed by atoms with van der Waals surface area (Å²) in [5.41, 5.74) is 3.21. The van der Waals surface area contributed by atoms with Crippen molar-refractivity contribution in [2.75, 3.05) is 11.5 Å². The maximum absolute atomic E-state index is 12.9. The second-order valence-corrected chi connectivity index (χ2v) is 7.36. The standard InChI is InChI=1S/C25H19NO5/c1-15-7-9-17(10-8-15)22(27)14-31-25(30)18-11-12-19-20(13-18)24(29)26(23(19)28)21-6-4-3-5-16(21)2/h3-13H,14H2,1-2H3. The van der Waals surface area contributed by atoms with Crippen LogP contribution in [0.15, 0.2) is 66.7 Å². The van der Waals surface area contributed by atoms with Crippen LogP contribution in [-0.4, -0.2) is 30.2 Å². The van der Waals surface area contributed by atoms with Crippen molar-refractivity contribution in [2.24, 2.45) is 0 Å². The van der Waals surface area contributed by atoms with Gasteiger partial charge in [-0.05, 0) is 43.7 Å². The number of carbonyl (C=O) groups excluding carboxylic acids is 4. The van der Waals surface area contributed by atoms with E-state index in [0.29, 0.717) is 11.3 Å². The first-order chi connectivity index (χ1) is 14.9. The minimum atomic E-state index is -0.738. The second kappa shape index (κ2) is 7.99. The van der Waals surface area contributed by atoms with Crippen molar-refractivity contribution in [2.45, 2.75) is 13.8 Å². The van der Waals surface area contributed by atoms with Gasteiger partial charge >= 0.3 is 5.97 Å². The Morgan fingerprint density at radius 3 is 2.16 bits per heavy atom. The number of aryl methyl sites for hydroxylation is 2. The molecule has 154 valence electrons. The number of carbonyl (C=O) groups is 4. The number of fused-ring (bicyclic) bond motifs is 1. The molecule has 3 aromatic carbocycles. The minimum Gasteiger partial charge on any atom is -0.454 e. The highest BCUT2D eigenvalue weighted by Gasteiger charge is 2.37. The topological polar surface area (TPSA) is 80.8 Å². The van der Waals surface area contributed by atoms with Crippen LogP contribution < -0.4 is 4.90 Å². The third-order valence-electron chi connectivity index (χ3n) is 5.19. The van der Waals surface area contributed by atoms with Gasteiger partial charge in [-0.25, -0.2) is 9.69 Å². The van der Waals surface area contributed by atoms with Gasteiger partial charge in [0, 0.05) is 5.56 Å². The molecule has 0 N–H and O–H groups in total. The Kier molecular flexibility index (Phi) is 5.21. The van der Waals surface area contributed by atoms with Crippen molar-refractivity contribution in [1.82, 2.24) is 0 Å². The van der Waals surface area contributed by atoms with Gasteiger partial charge in [0.2, 0.25) is 0 Å². The van der Waals surface area contributed by atoms with E-state index in [2.05, 4.69) is 0 Å². The van der Waals surface area contributed by atoms with Gasteiger partial charge in [0.05, 0.1) is 22.4 Å². The first-order valence-electron chi connectivity index (χ1n) is 9.72. The Balaban J connectivity index is 1.52. The van der Waals surface area contributed by atoms with Gasteiger partial charge in [0.15, 0.2) is 12.4 Å². The number of rotatable bonds is 5. The molecule has 6 heteroatoms. The van der Waals surface area contributed by atoms with Gasteiger partial charge in [-0.3, -0.25) is 14.4 Å². The molecule has 3 aromatic rings. The zero-order chi connectivity index (χ0) is 22.1. The molecule has 0 spiro atoms. The fraction of sp³-hybridized carbons (Fsp3) is 0.120. The predicted octanol–water partition coefficient (Wildman–Crippen LogP) is 4.14. The SMILES string of the molecule is Cc1ccc(C(=O)COC(=O)c2ccc3c(c2)C(=O)N(c2ccccc2C)C3=O)cc1. The van der Waals surface area contributed by atoms with Crippen LogP contribution in [0, 0.1) is 13.8 Å². The smallest absolute Gasteiger partial charge is 0.338 e. The quantitative estimate of drug-likeness (QED) is 0.357. The van der Waals surface area contributed by atoms with Crippen molar-refractivity contribution in [3.63, 3.8) is 0 Å². The number of hydrogen-bond donors (Lipinski definition) is 0. The van der Waals surface area contributed by atoms with Crippen molar-refractivity contribution in [1.29, 1.82) is 0 Å². The van der Waals surface area contributed by atoms with E-state index < -0.39 is 24.4 Å². The lowest BCUT2D eigenvalue weighted by Crippen LogP contribution is -2.29. The van der Waals surface area contributed by atoms with Crippen LogP contribution in [0.1, 0.15) is 52.6 Å². The summed E-state index contributed by atoms with van der Waals surface area (Å²) in [5.74, 6) is -2.01. The average Bonchev–Trinajstić information content (AvgIpc) is 3.02. The predicted molar refractivity (Wildman–Crippen MR) is 115 cm³/mol. The molecule has 4 rings (SSSR count). The largest absolute Gasteiger partial charge is 0.454 e. The van der Waals surface area contributed by atoms with Crippen molar-refractivity contribution in [3.05, 3.63) is 100 Å². The summed E-state index contributed by atoms with van der Waals surface area (Å²) < 4.78 is 5.13. The van der Waals surface area contributed by atoms with Crippen LogP contribution in [0.25, 0.3) is 0 Å². The molecule has 0 atom stereocenters. The van der Waals surface area contributed by atoms with E-state index in [1.807, 2.05) is 26.0 Å². The molecule has 0 aliphatic carbocycles. The van der Waals surface area contributed by atoms with E-state index >= 15 is 0 Å². The first-order valence-corrected chi connectivity index (χ1v) is 9.72. The van der Waals surface area contributed by atoms with Gasteiger partial charge in [-0.2, -0.15) is 0 Å². The molecule has 6 nitrogen and oxygen atoms in total. The van der Waals surface area contributed by atoms with Gasteiger partial charge in [-0.15, -0.1) is 0 Å². The molecule has 2 amide bonds.